The molecule has 6 nitrogen and oxygen atoms in total. The summed E-state index contributed by atoms with van der Waals surface area (Å²) < 4.78 is 11.4. The van der Waals surface area contributed by atoms with Crippen LogP contribution < -0.4 is 4.74 Å². The number of benzene rings is 1. The SMILES string of the molecule is COc1ccccc1CN(Cc1csc(-c2ncccn2)n1)C[C@H]1CCCO1. The number of nitrogens with zero attached hydrogens (tertiary/aromatic N) is 4. The van der Waals surface area contributed by atoms with E-state index in [9.17, 15) is 0 Å². The second-order valence-corrected chi connectivity index (χ2v) is 7.69. The number of para-hydroxylation sites is 1. The standard InChI is InChI=1S/C21H24N4O2S/c1-26-19-8-3-2-6-16(19)12-25(14-18-7-4-11-27-18)13-17-15-28-21(24-17)20-22-9-5-10-23-20/h2-3,5-6,8-10,15,18H,4,7,11-14H2,1H3/t18-/m1/s1. The van der Waals surface area contributed by atoms with Crippen molar-refractivity contribution in [2.75, 3.05) is 20.3 Å². The number of aromatic nitrogens is 3. The first-order valence-corrected chi connectivity index (χ1v) is 10.4. The van der Waals surface area contributed by atoms with E-state index in [-0.39, 0.29) is 6.10 Å². The van der Waals surface area contributed by atoms with E-state index in [2.05, 4.69) is 32.4 Å². The molecule has 7 heteroatoms. The lowest BCUT2D eigenvalue weighted by Crippen LogP contribution is -2.31. The van der Waals surface area contributed by atoms with E-state index >= 15 is 0 Å². The van der Waals surface area contributed by atoms with E-state index in [1.807, 2.05) is 18.2 Å². The van der Waals surface area contributed by atoms with Gasteiger partial charge in [0.2, 0.25) is 0 Å². The molecule has 0 aliphatic carbocycles. The molecular formula is C21H24N4O2S. The van der Waals surface area contributed by atoms with Crippen LogP contribution in [0.25, 0.3) is 10.8 Å². The summed E-state index contributed by atoms with van der Waals surface area (Å²) in [5.41, 5.74) is 2.20. The highest BCUT2D eigenvalue weighted by atomic mass is 32.1. The Kier molecular flexibility index (Phi) is 6.26. The Balaban J connectivity index is 1.51. The largest absolute Gasteiger partial charge is 0.496 e. The average Bonchev–Trinajstić information content (AvgIpc) is 3.41. The maximum atomic E-state index is 5.88. The van der Waals surface area contributed by atoms with Gasteiger partial charge in [0.25, 0.3) is 0 Å². The van der Waals surface area contributed by atoms with Crippen LogP contribution >= 0.6 is 11.3 Å². The minimum atomic E-state index is 0.283. The molecule has 0 unspecified atom stereocenters. The molecule has 0 spiro atoms. The van der Waals surface area contributed by atoms with Gasteiger partial charge in [0.1, 0.15) is 5.75 Å². The summed E-state index contributed by atoms with van der Waals surface area (Å²) in [6.07, 6.45) is 6.02. The molecule has 1 aliphatic rings. The number of hydrogen-bond donors (Lipinski definition) is 0. The Labute approximate surface area is 169 Å². The Hall–Kier alpha value is -2.35. The molecule has 4 rings (SSSR count). The van der Waals surface area contributed by atoms with E-state index in [1.165, 1.54) is 5.56 Å². The van der Waals surface area contributed by atoms with Crippen LogP contribution in [0, 0.1) is 0 Å². The summed E-state index contributed by atoms with van der Waals surface area (Å²) >= 11 is 1.58. The monoisotopic (exact) mass is 396 g/mol. The third-order valence-corrected chi connectivity index (χ3v) is 5.65. The van der Waals surface area contributed by atoms with Crippen LogP contribution in [0.4, 0.5) is 0 Å². The summed E-state index contributed by atoms with van der Waals surface area (Å²) in [5, 5.41) is 2.95. The Morgan fingerprint density at radius 3 is 2.82 bits per heavy atom. The fourth-order valence-electron chi connectivity index (χ4n) is 3.46. The van der Waals surface area contributed by atoms with Gasteiger partial charge in [-0.2, -0.15) is 0 Å². The highest BCUT2D eigenvalue weighted by Gasteiger charge is 2.21. The van der Waals surface area contributed by atoms with Gasteiger partial charge in [-0.1, -0.05) is 18.2 Å². The molecule has 0 bridgehead atoms. The van der Waals surface area contributed by atoms with Crippen molar-refractivity contribution in [2.45, 2.75) is 32.0 Å². The average molecular weight is 397 g/mol. The van der Waals surface area contributed by atoms with Crippen molar-refractivity contribution in [1.29, 1.82) is 0 Å². The zero-order chi connectivity index (χ0) is 19.2. The topological polar surface area (TPSA) is 60.4 Å². The van der Waals surface area contributed by atoms with Gasteiger partial charge in [0.05, 0.1) is 18.9 Å². The molecule has 0 radical (unpaired) electrons. The summed E-state index contributed by atoms with van der Waals surface area (Å²) in [7, 11) is 1.72. The van der Waals surface area contributed by atoms with Gasteiger partial charge in [-0.3, -0.25) is 4.90 Å². The highest BCUT2D eigenvalue weighted by Crippen LogP contribution is 2.24. The van der Waals surface area contributed by atoms with Crippen LogP contribution in [-0.4, -0.2) is 46.2 Å². The molecule has 1 fully saturated rings. The Bertz CT molecular complexity index is 881. The maximum absolute atomic E-state index is 5.88. The van der Waals surface area contributed by atoms with Gasteiger partial charge >= 0.3 is 0 Å². The number of hydrogen-bond acceptors (Lipinski definition) is 7. The van der Waals surface area contributed by atoms with E-state index in [0.29, 0.717) is 5.82 Å². The molecule has 0 amide bonds. The van der Waals surface area contributed by atoms with Gasteiger partial charge in [0.15, 0.2) is 10.8 Å². The smallest absolute Gasteiger partial charge is 0.188 e. The van der Waals surface area contributed by atoms with Crippen molar-refractivity contribution in [3.63, 3.8) is 0 Å². The maximum Gasteiger partial charge on any atom is 0.188 e. The van der Waals surface area contributed by atoms with Crippen molar-refractivity contribution < 1.29 is 9.47 Å². The van der Waals surface area contributed by atoms with Crippen LogP contribution in [0.1, 0.15) is 24.1 Å². The van der Waals surface area contributed by atoms with Crippen molar-refractivity contribution in [1.82, 2.24) is 19.9 Å². The van der Waals surface area contributed by atoms with Crippen LogP contribution in [-0.2, 0) is 17.8 Å². The van der Waals surface area contributed by atoms with Crippen molar-refractivity contribution in [3.8, 4) is 16.6 Å². The second kappa shape index (κ2) is 9.23. The molecule has 146 valence electrons. The fraction of sp³-hybridized carbons (Fsp3) is 0.381. The molecule has 1 atom stereocenters. The minimum Gasteiger partial charge on any atom is -0.496 e. The van der Waals surface area contributed by atoms with Crippen molar-refractivity contribution in [3.05, 3.63) is 59.4 Å². The summed E-state index contributed by atoms with van der Waals surface area (Å²) in [5.74, 6) is 1.59. The van der Waals surface area contributed by atoms with Gasteiger partial charge in [-0.25, -0.2) is 15.0 Å². The molecule has 28 heavy (non-hydrogen) atoms. The number of rotatable bonds is 8. The first kappa shape index (κ1) is 19.0. The normalized spacial score (nSPS) is 16.6. The van der Waals surface area contributed by atoms with Crippen LogP contribution in [0.3, 0.4) is 0 Å². The predicted octanol–water partition coefficient (Wildman–Crippen LogP) is 3.79. The van der Waals surface area contributed by atoms with Gasteiger partial charge in [-0.15, -0.1) is 11.3 Å². The van der Waals surface area contributed by atoms with Gasteiger partial charge < -0.3 is 9.47 Å². The van der Waals surface area contributed by atoms with Crippen molar-refractivity contribution >= 4 is 11.3 Å². The zero-order valence-corrected chi connectivity index (χ0v) is 16.8. The van der Waals surface area contributed by atoms with Crippen LogP contribution in [0.2, 0.25) is 0 Å². The highest BCUT2D eigenvalue weighted by molar-refractivity contribution is 7.13. The summed E-state index contributed by atoms with van der Waals surface area (Å²) in [6, 6.07) is 9.99. The fourth-order valence-corrected chi connectivity index (χ4v) is 4.21. The van der Waals surface area contributed by atoms with E-state index in [4.69, 9.17) is 14.5 Å². The van der Waals surface area contributed by atoms with E-state index in [0.717, 1.165) is 55.5 Å². The Morgan fingerprint density at radius 1 is 1.18 bits per heavy atom. The van der Waals surface area contributed by atoms with E-state index < -0.39 is 0 Å². The van der Waals surface area contributed by atoms with Crippen LogP contribution in [0.5, 0.6) is 5.75 Å². The predicted molar refractivity (Wildman–Crippen MR) is 109 cm³/mol. The molecule has 2 aromatic heterocycles. The van der Waals surface area contributed by atoms with Crippen molar-refractivity contribution in [2.24, 2.45) is 0 Å². The number of thiazole rings is 1. The first-order chi connectivity index (χ1) is 13.8. The van der Waals surface area contributed by atoms with E-state index in [1.54, 1.807) is 30.8 Å². The molecule has 3 heterocycles. The lowest BCUT2D eigenvalue weighted by Gasteiger charge is -2.25. The summed E-state index contributed by atoms with van der Waals surface area (Å²) in [6.45, 7) is 3.28. The number of ether oxygens (including phenoxy) is 2. The van der Waals surface area contributed by atoms with Gasteiger partial charge in [0, 0.05) is 49.6 Å². The van der Waals surface area contributed by atoms with Crippen LogP contribution in [0.15, 0.2) is 48.1 Å². The molecule has 0 N–H and O–H groups in total. The molecular weight excluding hydrogens is 372 g/mol. The molecule has 1 aromatic carbocycles. The second-order valence-electron chi connectivity index (χ2n) is 6.83. The summed E-state index contributed by atoms with van der Waals surface area (Å²) in [4.78, 5) is 15.7. The van der Waals surface area contributed by atoms with Gasteiger partial charge in [-0.05, 0) is 25.0 Å². The third-order valence-electron chi connectivity index (χ3n) is 4.77. The third kappa shape index (κ3) is 4.73. The molecule has 3 aromatic rings. The molecule has 1 saturated heterocycles. The lowest BCUT2D eigenvalue weighted by molar-refractivity contribution is 0.0672. The quantitative estimate of drug-likeness (QED) is 0.577. The lowest BCUT2D eigenvalue weighted by atomic mass is 10.1. The zero-order valence-electron chi connectivity index (χ0n) is 16.0. The number of methoxy groups -OCH3 is 1. The molecule has 0 saturated carbocycles. The first-order valence-electron chi connectivity index (χ1n) is 9.49. The molecule has 1 aliphatic heterocycles. The Morgan fingerprint density at radius 2 is 2.04 bits per heavy atom. The minimum absolute atomic E-state index is 0.283.